The Morgan fingerprint density at radius 2 is 2.58 bits per heavy atom. The highest BCUT2D eigenvalue weighted by molar-refractivity contribution is 7.07. The molecule has 0 saturated carbocycles. The van der Waals surface area contributed by atoms with Crippen molar-refractivity contribution >= 4 is 22.9 Å². The van der Waals surface area contributed by atoms with Gasteiger partial charge in [-0.05, 0) is 16.8 Å². The number of hydrogen-bond acceptors (Lipinski definition) is 3. The van der Waals surface area contributed by atoms with Gasteiger partial charge in [-0.1, -0.05) is 0 Å². The minimum atomic E-state index is -0.194. The molecule has 1 aliphatic heterocycles. The Morgan fingerprint density at radius 1 is 1.67 bits per heavy atom. The molecule has 66 valence electrons. The highest BCUT2D eigenvalue weighted by Gasteiger charge is 2.26. The third-order valence-corrected chi connectivity index (χ3v) is 2.78. The van der Waals surface area contributed by atoms with Crippen molar-refractivity contribution < 1.29 is 9.47 Å². The van der Waals surface area contributed by atoms with E-state index in [-0.39, 0.29) is 12.4 Å². The Bertz CT molecular complexity index is 237. The summed E-state index contributed by atoms with van der Waals surface area (Å²) in [4.78, 5) is 0. The molecular formula is C8H9ClO2S. The van der Waals surface area contributed by atoms with Crippen molar-refractivity contribution in [1.29, 1.82) is 0 Å². The topological polar surface area (TPSA) is 18.5 Å². The summed E-state index contributed by atoms with van der Waals surface area (Å²) in [5.41, 5.74) is 1.09. The van der Waals surface area contributed by atoms with Crippen LogP contribution in [-0.4, -0.2) is 18.6 Å². The smallest absolute Gasteiger partial charge is 0.185 e. The Balaban J connectivity index is 2.00. The molecule has 4 heteroatoms. The first-order valence-electron chi connectivity index (χ1n) is 3.75. The molecule has 0 amide bonds. The summed E-state index contributed by atoms with van der Waals surface area (Å²) in [5, 5.41) is 4.04. The second-order valence-corrected chi connectivity index (χ2v) is 3.72. The monoisotopic (exact) mass is 204 g/mol. The van der Waals surface area contributed by atoms with Gasteiger partial charge >= 0.3 is 0 Å². The van der Waals surface area contributed by atoms with Gasteiger partial charge in [-0.3, -0.25) is 0 Å². The van der Waals surface area contributed by atoms with Gasteiger partial charge in [-0.2, -0.15) is 11.3 Å². The van der Waals surface area contributed by atoms with Crippen molar-refractivity contribution in [2.45, 2.75) is 12.4 Å². The van der Waals surface area contributed by atoms with E-state index in [4.69, 9.17) is 21.1 Å². The van der Waals surface area contributed by atoms with Gasteiger partial charge in [0.05, 0.1) is 18.6 Å². The molecular weight excluding hydrogens is 196 g/mol. The van der Waals surface area contributed by atoms with Gasteiger partial charge in [0.25, 0.3) is 0 Å². The van der Waals surface area contributed by atoms with Crippen LogP contribution in [-0.2, 0) is 9.47 Å². The zero-order valence-corrected chi connectivity index (χ0v) is 7.98. The van der Waals surface area contributed by atoms with E-state index in [0.717, 1.165) is 5.56 Å². The number of halogens is 1. The van der Waals surface area contributed by atoms with Crippen molar-refractivity contribution in [3.8, 4) is 0 Å². The lowest BCUT2D eigenvalue weighted by atomic mass is 10.3. The quantitative estimate of drug-likeness (QED) is 0.689. The summed E-state index contributed by atoms with van der Waals surface area (Å²) < 4.78 is 10.9. The Hall–Kier alpha value is -0.0900. The first-order chi connectivity index (χ1) is 5.90. The fourth-order valence-corrected chi connectivity index (χ4v) is 1.94. The van der Waals surface area contributed by atoms with Gasteiger partial charge in [-0.15, -0.1) is 11.6 Å². The standard InChI is InChI=1S/C8H9ClO2S/c9-3-7-4-10-8(11-7)6-1-2-12-5-6/h1-2,5,7-8H,3-4H2/t7-,8+/m1/s1. The molecule has 2 atom stereocenters. The third-order valence-electron chi connectivity index (χ3n) is 1.74. The second-order valence-electron chi connectivity index (χ2n) is 2.63. The van der Waals surface area contributed by atoms with Crippen LogP contribution in [0.5, 0.6) is 0 Å². The van der Waals surface area contributed by atoms with Gasteiger partial charge in [0.1, 0.15) is 0 Å². The molecule has 0 radical (unpaired) electrons. The molecule has 0 aliphatic carbocycles. The SMILES string of the molecule is ClC[C@@H]1CO[C@H](c2ccsc2)O1. The molecule has 2 rings (SSSR count). The maximum atomic E-state index is 5.63. The van der Waals surface area contributed by atoms with Crippen molar-refractivity contribution in [2.24, 2.45) is 0 Å². The lowest BCUT2D eigenvalue weighted by Gasteiger charge is -2.07. The van der Waals surface area contributed by atoms with Crippen molar-refractivity contribution in [1.82, 2.24) is 0 Å². The van der Waals surface area contributed by atoms with E-state index in [9.17, 15) is 0 Å². The molecule has 1 aromatic rings. The van der Waals surface area contributed by atoms with Gasteiger partial charge in [0.2, 0.25) is 0 Å². The lowest BCUT2D eigenvalue weighted by molar-refractivity contribution is -0.0564. The summed E-state index contributed by atoms with van der Waals surface area (Å²) in [6.07, 6.45) is -0.142. The molecule has 12 heavy (non-hydrogen) atoms. The van der Waals surface area contributed by atoms with Gasteiger partial charge in [0, 0.05) is 5.56 Å². The molecule has 2 nitrogen and oxygen atoms in total. The van der Waals surface area contributed by atoms with Crippen LogP contribution in [0.1, 0.15) is 11.9 Å². The highest BCUT2D eigenvalue weighted by atomic mass is 35.5. The van der Waals surface area contributed by atoms with E-state index in [1.165, 1.54) is 0 Å². The maximum absolute atomic E-state index is 5.63. The van der Waals surface area contributed by atoms with Crippen LogP contribution in [0, 0.1) is 0 Å². The largest absolute Gasteiger partial charge is 0.346 e. The molecule has 0 N–H and O–H groups in total. The third kappa shape index (κ3) is 1.64. The number of rotatable bonds is 2. The minimum absolute atomic E-state index is 0.0524. The van der Waals surface area contributed by atoms with Crippen LogP contribution >= 0.6 is 22.9 Å². The summed E-state index contributed by atoms with van der Waals surface area (Å²) in [6.45, 7) is 0.601. The van der Waals surface area contributed by atoms with E-state index in [2.05, 4.69) is 0 Å². The summed E-state index contributed by atoms with van der Waals surface area (Å²) in [6, 6.07) is 2.01. The van der Waals surface area contributed by atoms with E-state index in [1.807, 2.05) is 16.8 Å². The average Bonchev–Trinajstić information content (AvgIpc) is 2.75. The van der Waals surface area contributed by atoms with Crippen molar-refractivity contribution in [3.05, 3.63) is 22.4 Å². The Kier molecular flexibility index (Phi) is 2.66. The van der Waals surface area contributed by atoms with Crippen LogP contribution in [0.25, 0.3) is 0 Å². The zero-order chi connectivity index (χ0) is 8.39. The predicted molar refractivity (Wildman–Crippen MR) is 48.6 cm³/mol. The molecule has 0 aromatic carbocycles. The molecule has 2 heterocycles. The first-order valence-corrected chi connectivity index (χ1v) is 5.23. The van der Waals surface area contributed by atoms with Gasteiger partial charge in [-0.25, -0.2) is 0 Å². The number of hydrogen-bond donors (Lipinski definition) is 0. The van der Waals surface area contributed by atoms with Crippen LogP contribution in [0.2, 0.25) is 0 Å². The van der Waals surface area contributed by atoms with Gasteiger partial charge in [0.15, 0.2) is 6.29 Å². The second kappa shape index (κ2) is 3.75. The van der Waals surface area contributed by atoms with Crippen molar-refractivity contribution in [3.63, 3.8) is 0 Å². The van der Waals surface area contributed by atoms with Crippen LogP contribution in [0.4, 0.5) is 0 Å². The van der Waals surface area contributed by atoms with Crippen molar-refractivity contribution in [2.75, 3.05) is 12.5 Å². The summed E-state index contributed by atoms with van der Waals surface area (Å²) >= 11 is 7.27. The fraction of sp³-hybridized carbons (Fsp3) is 0.500. The molecule has 1 aromatic heterocycles. The summed E-state index contributed by atoms with van der Waals surface area (Å²) in [5.74, 6) is 0.501. The minimum Gasteiger partial charge on any atom is -0.346 e. The maximum Gasteiger partial charge on any atom is 0.185 e. The Labute approximate surface area is 80.1 Å². The average molecular weight is 205 g/mol. The van der Waals surface area contributed by atoms with E-state index >= 15 is 0 Å². The van der Waals surface area contributed by atoms with E-state index < -0.39 is 0 Å². The summed E-state index contributed by atoms with van der Waals surface area (Å²) in [7, 11) is 0. The van der Waals surface area contributed by atoms with Crippen LogP contribution in [0.3, 0.4) is 0 Å². The normalized spacial score (nSPS) is 29.4. The molecule has 1 aliphatic rings. The van der Waals surface area contributed by atoms with E-state index in [0.29, 0.717) is 12.5 Å². The predicted octanol–water partition coefficient (Wildman–Crippen LogP) is 2.40. The highest BCUT2D eigenvalue weighted by Crippen LogP contribution is 2.28. The number of ether oxygens (including phenoxy) is 2. The fourth-order valence-electron chi connectivity index (χ4n) is 1.11. The first kappa shape index (κ1) is 8.51. The molecule has 1 fully saturated rings. The molecule has 0 spiro atoms. The van der Waals surface area contributed by atoms with Crippen LogP contribution < -0.4 is 0 Å². The molecule has 0 unspecified atom stereocenters. The van der Waals surface area contributed by atoms with Crippen LogP contribution in [0.15, 0.2) is 16.8 Å². The zero-order valence-electron chi connectivity index (χ0n) is 6.40. The number of alkyl halides is 1. The molecule has 0 bridgehead atoms. The Morgan fingerprint density at radius 3 is 3.17 bits per heavy atom. The van der Waals surface area contributed by atoms with E-state index in [1.54, 1.807) is 11.3 Å². The number of thiophene rings is 1. The van der Waals surface area contributed by atoms with Gasteiger partial charge < -0.3 is 9.47 Å². The lowest BCUT2D eigenvalue weighted by Crippen LogP contribution is -2.10. The molecule has 1 saturated heterocycles.